The summed E-state index contributed by atoms with van der Waals surface area (Å²) in [6, 6.07) is 7.85. The Morgan fingerprint density at radius 2 is 1.73 bits per heavy atom. The largest absolute Gasteiger partial charge is 0.353 e. The van der Waals surface area contributed by atoms with Crippen LogP contribution >= 0.6 is 0 Å². The lowest BCUT2D eigenvalue weighted by Crippen LogP contribution is -2.37. The number of aryl methyl sites for hydroxylation is 2. The Labute approximate surface area is 130 Å². The van der Waals surface area contributed by atoms with Gasteiger partial charge < -0.3 is 5.32 Å². The summed E-state index contributed by atoms with van der Waals surface area (Å²) < 4.78 is 3.43. The number of imidazole rings is 1. The van der Waals surface area contributed by atoms with Crippen LogP contribution in [0.4, 0.5) is 0 Å². The van der Waals surface area contributed by atoms with Gasteiger partial charge in [-0.3, -0.25) is 13.9 Å². The molecule has 5 nitrogen and oxygen atoms in total. The van der Waals surface area contributed by atoms with E-state index in [9.17, 15) is 9.59 Å². The van der Waals surface area contributed by atoms with Crippen molar-refractivity contribution >= 4 is 16.9 Å². The van der Waals surface area contributed by atoms with Crippen molar-refractivity contribution in [3.8, 4) is 0 Å². The fourth-order valence-corrected chi connectivity index (χ4v) is 2.50. The Hall–Kier alpha value is -2.04. The lowest BCUT2D eigenvalue weighted by Gasteiger charge is -2.17. The van der Waals surface area contributed by atoms with E-state index in [4.69, 9.17) is 0 Å². The average Bonchev–Trinajstić information content (AvgIpc) is 2.76. The summed E-state index contributed by atoms with van der Waals surface area (Å²) in [4.78, 5) is 24.5. The Balaban J connectivity index is 2.17. The highest BCUT2D eigenvalue weighted by Gasteiger charge is 2.14. The molecule has 0 aliphatic rings. The van der Waals surface area contributed by atoms with Crippen LogP contribution in [-0.4, -0.2) is 21.1 Å². The van der Waals surface area contributed by atoms with Gasteiger partial charge in [0, 0.05) is 25.6 Å². The van der Waals surface area contributed by atoms with E-state index < -0.39 is 0 Å². The van der Waals surface area contributed by atoms with Crippen LogP contribution in [0.1, 0.15) is 34.1 Å². The number of rotatable bonds is 6. The summed E-state index contributed by atoms with van der Waals surface area (Å²) in [5, 5.41) is 2.98. The first-order chi connectivity index (χ1) is 10.5. The minimum absolute atomic E-state index is 0.0126. The van der Waals surface area contributed by atoms with Crippen molar-refractivity contribution in [2.45, 2.75) is 53.2 Å². The third-order valence-electron chi connectivity index (χ3n) is 4.19. The van der Waals surface area contributed by atoms with Gasteiger partial charge in [0.1, 0.15) is 0 Å². The number of carbonyl (C=O) groups is 1. The van der Waals surface area contributed by atoms with Crippen molar-refractivity contribution in [1.82, 2.24) is 14.5 Å². The molecule has 2 rings (SSSR count). The van der Waals surface area contributed by atoms with Crippen molar-refractivity contribution < 1.29 is 4.79 Å². The first-order valence-corrected chi connectivity index (χ1v) is 7.93. The summed E-state index contributed by atoms with van der Waals surface area (Å²) in [6.45, 7) is 9.13. The van der Waals surface area contributed by atoms with E-state index in [0.29, 0.717) is 25.4 Å². The van der Waals surface area contributed by atoms with Gasteiger partial charge in [-0.1, -0.05) is 26.0 Å². The van der Waals surface area contributed by atoms with Gasteiger partial charge in [0.05, 0.1) is 11.0 Å². The summed E-state index contributed by atoms with van der Waals surface area (Å²) >= 11 is 0. The van der Waals surface area contributed by atoms with Gasteiger partial charge in [0.25, 0.3) is 0 Å². The van der Waals surface area contributed by atoms with Crippen molar-refractivity contribution in [1.29, 1.82) is 0 Å². The molecule has 0 bridgehead atoms. The number of fused-ring (bicyclic) bond motifs is 1. The molecule has 1 heterocycles. The van der Waals surface area contributed by atoms with Gasteiger partial charge in [0.15, 0.2) is 0 Å². The molecule has 0 spiro atoms. The van der Waals surface area contributed by atoms with Gasteiger partial charge in [-0.05, 0) is 31.9 Å². The third kappa shape index (κ3) is 3.24. The molecule has 1 atom stereocenters. The minimum atomic E-state index is -0.0478. The van der Waals surface area contributed by atoms with E-state index in [-0.39, 0.29) is 17.6 Å². The monoisotopic (exact) mass is 303 g/mol. The van der Waals surface area contributed by atoms with Crippen LogP contribution in [0, 0.1) is 5.92 Å². The second-order valence-electron chi connectivity index (χ2n) is 6.02. The fourth-order valence-electron chi connectivity index (χ4n) is 2.50. The van der Waals surface area contributed by atoms with E-state index in [1.54, 1.807) is 9.13 Å². The Bertz CT molecular complexity index is 712. The maximum Gasteiger partial charge on any atom is 0.329 e. The molecular weight excluding hydrogens is 278 g/mol. The molecular formula is C17H25N3O2. The van der Waals surface area contributed by atoms with Gasteiger partial charge >= 0.3 is 5.69 Å². The van der Waals surface area contributed by atoms with E-state index in [1.165, 1.54) is 0 Å². The molecule has 0 saturated carbocycles. The van der Waals surface area contributed by atoms with Crippen LogP contribution < -0.4 is 11.0 Å². The first-order valence-electron chi connectivity index (χ1n) is 7.93. The average molecular weight is 303 g/mol. The molecule has 1 aromatic carbocycles. The number of hydrogen-bond donors (Lipinski definition) is 1. The predicted octanol–water partition coefficient (Wildman–Crippen LogP) is 2.37. The van der Waals surface area contributed by atoms with Gasteiger partial charge in [-0.2, -0.15) is 0 Å². The highest BCUT2D eigenvalue weighted by atomic mass is 16.2. The summed E-state index contributed by atoms with van der Waals surface area (Å²) in [5.41, 5.74) is 1.76. The standard InChI is InChI=1S/C17H25N3O2/c1-5-19-14-8-6-7-9-15(14)20(17(19)22)11-10-16(21)18-13(4)12(2)3/h6-9,12-13H,5,10-11H2,1-4H3,(H,18,21). The second-order valence-corrected chi connectivity index (χ2v) is 6.02. The Morgan fingerprint density at radius 1 is 1.14 bits per heavy atom. The molecule has 1 aromatic heterocycles. The molecule has 1 amide bonds. The smallest absolute Gasteiger partial charge is 0.329 e. The fraction of sp³-hybridized carbons (Fsp3) is 0.529. The second kappa shape index (κ2) is 6.81. The highest BCUT2D eigenvalue weighted by Crippen LogP contribution is 2.13. The van der Waals surface area contributed by atoms with Crippen LogP contribution in [-0.2, 0) is 17.9 Å². The zero-order chi connectivity index (χ0) is 16.3. The number of amides is 1. The molecule has 1 N–H and O–H groups in total. The van der Waals surface area contributed by atoms with Crippen LogP contribution in [0.15, 0.2) is 29.1 Å². The zero-order valence-electron chi connectivity index (χ0n) is 13.8. The highest BCUT2D eigenvalue weighted by molar-refractivity contribution is 5.78. The number of hydrogen-bond acceptors (Lipinski definition) is 2. The van der Waals surface area contributed by atoms with Gasteiger partial charge in [-0.15, -0.1) is 0 Å². The van der Waals surface area contributed by atoms with Crippen LogP contribution in [0.5, 0.6) is 0 Å². The normalized spacial score (nSPS) is 12.8. The number of benzene rings is 1. The van der Waals surface area contributed by atoms with Crippen molar-refractivity contribution in [3.05, 3.63) is 34.7 Å². The minimum Gasteiger partial charge on any atom is -0.353 e. The summed E-state index contributed by atoms with van der Waals surface area (Å²) in [6.07, 6.45) is 0.314. The van der Waals surface area contributed by atoms with Crippen molar-refractivity contribution in [2.24, 2.45) is 5.92 Å². The Kier molecular flexibility index (Phi) is 5.06. The number of aromatic nitrogens is 2. The van der Waals surface area contributed by atoms with Crippen LogP contribution in [0.2, 0.25) is 0 Å². The maximum atomic E-state index is 12.5. The molecule has 0 radical (unpaired) electrons. The molecule has 1 unspecified atom stereocenters. The van der Waals surface area contributed by atoms with Gasteiger partial charge in [0.2, 0.25) is 5.91 Å². The third-order valence-corrected chi connectivity index (χ3v) is 4.19. The quantitative estimate of drug-likeness (QED) is 0.890. The summed E-state index contributed by atoms with van der Waals surface area (Å²) in [5.74, 6) is 0.384. The topological polar surface area (TPSA) is 56.0 Å². The van der Waals surface area contributed by atoms with Crippen LogP contribution in [0.25, 0.3) is 11.0 Å². The van der Waals surface area contributed by atoms with Crippen LogP contribution in [0.3, 0.4) is 0 Å². The zero-order valence-corrected chi connectivity index (χ0v) is 13.8. The Morgan fingerprint density at radius 3 is 2.27 bits per heavy atom. The van der Waals surface area contributed by atoms with E-state index >= 15 is 0 Å². The molecule has 120 valence electrons. The molecule has 0 aliphatic heterocycles. The van der Waals surface area contributed by atoms with Crippen molar-refractivity contribution in [3.63, 3.8) is 0 Å². The predicted molar refractivity (Wildman–Crippen MR) is 88.9 cm³/mol. The molecule has 0 aliphatic carbocycles. The first kappa shape index (κ1) is 16.3. The molecule has 22 heavy (non-hydrogen) atoms. The number of carbonyl (C=O) groups excluding carboxylic acids is 1. The number of para-hydroxylation sites is 2. The van der Waals surface area contributed by atoms with E-state index in [0.717, 1.165) is 11.0 Å². The van der Waals surface area contributed by atoms with E-state index in [1.807, 2.05) is 38.1 Å². The number of nitrogens with zero attached hydrogens (tertiary/aromatic N) is 2. The maximum absolute atomic E-state index is 12.5. The van der Waals surface area contributed by atoms with E-state index in [2.05, 4.69) is 19.2 Å². The molecule has 0 fully saturated rings. The van der Waals surface area contributed by atoms with Gasteiger partial charge in [-0.25, -0.2) is 4.79 Å². The molecule has 2 aromatic rings. The van der Waals surface area contributed by atoms with Crippen molar-refractivity contribution in [2.75, 3.05) is 0 Å². The lowest BCUT2D eigenvalue weighted by atomic mass is 10.1. The summed E-state index contributed by atoms with van der Waals surface area (Å²) in [7, 11) is 0. The SMILES string of the molecule is CCn1c(=O)n(CCC(=O)NC(C)C(C)C)c2ccccc21. The molecule has 5 heteroatoms. The molecule has 0 saturated heterocycles. The number of nitrogens with one attached hydrogen (secondary N) is 1. The lowest BCUT2D eigenvalue weighted by molar-refractivity contribution is -0.122.